The second-order valence-corrected chi connectivity index (χ2v) is 41.2. The van der Waals surface area contributed by atoms with Gasteiger partial charge in [-0.1, -0.05) is 215 Å². The molecule has 9 aliphatic rings. The fraction of sp³-hybridized carbons (Fsp3) is 0.767. The highest BCUT2D eigenvalue weighted by Crippen LogP contribution is 2.67. The number of fused-ring (bicyclic) bond motifs is 9. The molecule has 6 heterocycles. The van der Waals surface area contributed by atoms with E-state index in [4.69, 9.17) is 20.4 Å². The number of likely N-dealkylation sites (N-methyl/N-ethyl adjacent to an activating group) is 1. The van der Waals surface area contributed by atoms with Crippen molar-refractivity contribution in [2.75, 3.05) is 59.1 Å². The average Bonchev–Trinajstić information content (AvgIpc) is 1.54. The van der Waals surface area contributed by atoms with Crippen LogP contribution in [0.25, 0.3) is 0 Å². The Labute approximate surface area is 735 Å². The van der Waals surface area contributed by atoms with E-state index in [-0.39, 0.29) is 108 Å². The van der Waals surface area contributed by atoms with E-state index in [0.29, 0.717) is 77.4 Å². The summed E-state index contributed by atoms with van der Waals surface area (Å²) in [5, 5.41) is 31.5. The number of carbonyl (C=O) groups is 15. The summed E-state index contributed by atoms with van der Waals surface area (Å²) in [6, 6.07) is -8.68. The molecule has 0 aromatic heterocycles. The summed E-state index contributed by atoms with van der Waals surface area (Å²) in [5.41, 5.74) is 4.67. The molecule has 0 radical (unpaired) electrons. The number of nitrogens with zero attached hydrogens (tertiary/aromatic N) is 4. The van der Waals surface area contributed by atoms with Crippen LogP contribution in [0.2, 0.25) is 0 Å². The van der Waals surface area contributed by atoms with Gasteiger partial charge < -0.3 is 78.1 Å². The van der Waals surface area contributed by atoms with Crippen molar-refractivity contribution in [2.45, 2.75) is 322 Å². The molecule has 6 aliphatic heterocycles. The lowest BCUT2D eigenvalue weighted by atomic mass is 9.86. The smallest absolute Gasteiger partial charge is 0.408 e. The van der Waals surface area contributed by atoms with Crippen molar-refractivity contribution in [2.24, 2.45) is 62.9 Å². The van der Waals surface area contributed by atoms with Crippen LogP contribution in [0.5, 0.6) is 0 Å². The maximum absolute atomic E-state index is 14.3. The SMILES string of the molecule is C=CCNC(=O)C(=O)[C@@H]1CCCCCCCCC[C@H](N)C(=O)N2C[C@H]3[C@@H]([C@H]2C(=O)N1)C3(C)C.C=CCNC(=O)C(=O)[C@@H]1CCCCCCCCC[C@H](NC(=O)N[C@H](CN(C)S(C)(=O)=O)C(C)(C)C)C(=O)N2C[C@H]3[C@@H]([C@H]2C(=O)N1)C3(C)C.C=CCNC(=O)C(=O)[C@@H]1CCCCCCCCC[C@H](NC(=O)OC(C)(C)C)C(=O)N2C[C@H]3[C@@H]([C@H]2C(=O)N1)C3(C)C.O=CO. The Bertz CT molecular complexity index is 3910. The summed E-state index contributed by atoms with van der Waals surface area (Å²) < 4.78 is 30.9. The first-order chi connectivity index (χ1) is 58.2. The molecule has 34 heteroatoms. The number of alkyl carbamates (subject to hydrolysis) is 1. The number of piperidine rings is 3. The number of amides is 12. The van der Waals surface area contributed by atoms with Crippen molar-refractivity contribution < 1.29 is 90.2 Å². The molecule has 698 valence electrons. The molecule has 9 rings (SSSR count). The predicted octanol–water partition coefficient (Wildman–Crippen LogP) is 6.95. The fourth-order valence-electron chi connectivity index (χ4n) is 19.0. The van der Waals surface area contributed by atoms with Crippen molar-refractivity contribution >= 4 is 99.1 Å². The molecule has 6 saturated heterocycles. The minimum atomic E-state index is -3.49. The van der Waals surface area contributed by atoms with E-state index in [2.05, 4.69) is 109 Å². The van der Waals surface area contributed by atoms with Crippen molar-refractivity contribution in [1.82, 2.24) is 66.9 Å². The molecule has 16 atom stereocenters. The van der Waals surface area contributed by atoms with Gasteiger partial charge in [0, 0.05) is 58.9 Å². The first-order valence-electron chi connectivity index (χ1n) is 45.1. The predicted molar refractivity (Wildman–Crippen MR) is 470 cm³/mol. The Hall–Kier alpha value is -8.66. The number of carboxylic acid groups (broad SMARTS) is 1. The van der Waals surface area contributed by atoms with E-state index in [9.17, 15) is 75.5 Å². The molecule has 124 heavy (non-hydrogen) atoms. The normalized spacial score (nSPS) is 29.0. The summed E-state index contributed by atoms with van der Waals surface area (Å²) in [5.74, 6) is -6.13. The monoisotopic (exact) mass is 1760 g/mol. The molecule has 33 nitrogen and oxygen atoms in total. The largest absolute Gasteiger partial charge is 0.483 e. The van der Waals surface area contributed by atoms with Crippen LogP contribution in [-0.4, -0.2) is 247 Å². The maximum Gasteiger partial charge on any atom is 0.408 e. The number of ether oxygens (including phenoxy) is 1. The van der Waals surface area contributed by atoms with Crippen molar-refractivity contribution in [3.63, 3.8) is 0 Å². The number of sulfonamides is 1. The van der Waals surface area contributed by atoms with Crippen molar-refractivity contribution in [1.29, 1.82) is 0 Å². The van der Waals surface area contributed by atoms with E-state index in [0.717, 1.165) is 122 Å². The number of ketones is 3. The van der Waals surface area contributed by atoms with Crippen LogP contribution in [0, 0.1) is 57.2 Å². The van der Waals surface area contributed by atoms with Gasteiger partial charge in [-0.05, 0) is 116 Å². The molecule has 3 saturated carbocycles. The highest BCUT2D eigenvalue weighted by Gasteiger charge is 2.72. The molecule has 0 unspecified atom stereocenters. The third-order valence-electron chi connectivity index (χ3n) is 26.8. The molecule has 3 aliphatic carbocycles. The molecule has 12 amide bonds. The fourth-order valence-corrected chi connectivity index (χ4v) is 19.4. The van der Waals surface area contributed by atoms with Crippen LogP contribution >= 0.6 is 0 Å². The summed E-state index contributed by atoms with van der Waals surface area (Å²) in [6.45, 7) is 35.7. The minimum Gasteiger partial charge on any atom is -0.483 e. The molecule has 12 N–H and O–H groups in total. The third kappa shape index (κ3) is 28.9. The molecule has 9 fully saturated rings. The zero-order valence-electron chi connectivity index (χ0n) is 76.3. The van der Waals surface area contributed by atoms with E-state index in [1.807, 2.05) is 20.8 Å². The number of rotatable bonds is 18. The van der Waals surface area contributed by atoms with Gasteiger partial charge in [0.1, 0.15) is 35.8 Å². The van der Waals surface area contributed by atoms with Crippen LogP contribution in [0.3, 0.4) is 0 Å². The number of urea groups is 1. The average molecular weight is 1760 g/mol. The molecule has 0 spiro atoms. The Morgan fingerprint density at radius 1 is 0.500 bits per heavy atom. The third-order valence-corrected chi connectivity index (χ3v) is 28.1. The van der Waals surface area contributed by atoms with Crippen molar-refractivity contribution in [3.05, 3.63) is 38.0 Å². The lowest BCUT2D eigenvalue weighted by molar-refractivity contribution is -0.144. The van der Waals surface area contributed by atoms with E-state index >= 15 is 0 Å². The Kier molecular flexibility index (Phi) is 39.2. The van der Waals surface area contributed by atoms with Gasteiger partial charge in [-0.2, -0.15) is 0 Å². The van der Waals surface area contributed by atoms with Gasteiger partial charge in [0.2, 0.25) is 62.8 Å². The summed E-state index contributed by atoms with van der Waals surface area (Å²) in [6.07, 6.45) is 26.5. The van der Waals surface area contributed by atoms with Gasteiger partial charge >= 0.3 is 12.1 Å². The van der Waals surface area contributed by atoms with Crippen LogP contribution in [0.4, 0.5) is 9.59 Å². The van der Waals surface area contributed by atoms with Crippen molar-refractivity contribution in [3.8, 4) is 0 Å². The van der Waals surface area contributed by atoms with Crippen LogP contribution in [-0.2, 0) is 77.1 Å². The Morgan fingerprint density at radius 2 is 0.782 bits per heavy atom. The van der Waals surface area contributed by atoms with Crippen LogP contribution < -0.4 is 53.6 Å². The lowest BCUT2D eigenvalue weighted by Crippen LogP contribution is -2.60. The number of carbonyl (C=O) groups excluding carboxylic acids is 14. The van der Waals surface area contributed by atoms with Gasteiger partial charge in [0.05, 0.1) is 30.4 Å². The van der Waals surface area contributed by atoms with Gasteiger partial charge in [-0.15, -0.1) is 19.7 Å². The first kappa shape index (κ1) is 104. The second kappa shape index (κ2) is 46.7. The van der Waals surface area contributed by atoms with E-state index in [1.54, 1.807) is 35.5 Å². The van der Waals surface area contributed by atoms with Crippen LogP contribution in [0.15, 0.2) is 38.0 Å². The summed E-state index contributed by atoms with van der Waals surface area (Å²) >= 11 is 0. The van der Waals surface area contributed by atoms with Gasteiger partial charge in [-0.25, -0.2) is 22.3 Å². The molecule has 0 aromatic carbocycles. The standard InChI is InChI=1S/C34H58N6O7S.C30H48N4O6.C25H40N4O4.CH2O2/c1-9-19-35-30(43)28(41)23-17-15-13-11-10-12-14-16-18-24(31(44)40-20-22-26(34(22,5)6)27(40)29(42)36-23)37-32(45)38-25(33(2,3)4)21-39(7)48(8,46)47;1-7-17-31-26(37)24(35)20-15-13-11-9-8-10-12-14-16-21(33-28(39)40-29(2,3)4)27(38)34-18-19-22(30(19,5)6)23(34)25(36)32-20;1-4-14-27-23(32)21(30)18-13-11-9-7-5-6-8-10-12-17(26)24(33)29-15-16-19(25(16,2)3)20(29)22(31)28-18;2-1-3/h9,22-27H,1,10-21H2,2-8H3,(H,35,43)(H,36,42)(H2,37,38,45);7,19-23H,1,8-18H2,2-6H3,(H,31,37)(H,32,36)(H,33,39);4,16-20H,1,5-15,26H2,2-3H3,(H,27,32)(H,28,31);1H,(H,2,3)/t22-,23-,24-,25+,26-,27-;19-,20-,21-,22-,23-;16-,17-,18-,19-,20-;/m000./s1. The zero-order chi connectivity index (χ0) is 92.6. The quantitative estimate of drug-likeness (QED) is 0.0376. The van der Waals surface area contributed by atoms with Gasteiger partial charge in [-0.3, -0.25) is 62.3 Å². The molecule has 0 aromatic rings. The second-order valence-electron chi connectivity index (χ2n) is 39.1. The summed E-state index contributed by atoms with van der Waals surface area (Å²) in [4.78, 5) is 198. The van der Waals surface area contributed by atoms with E-state index in [1.165, 1.54) is 29.6 Å². The number of hydrogen-bond donors (Lipinski definition) is 11. The number of Topliss-reactive ketones (excluding diaryl/α,β-unsaturated/α-hetero) is 3. The van der Waals surface area contributed by atoms with Gasteiger partial charge in [0.15, 0.2) is 0 Å². The topological polar surface area (TPSA) is 467 Å². The highest BCUT2D eigenvalue weighted by atomic mass is 32.2. The molecular formula is C90H148N14O19S. The molecular weight excluding hydrogens is 1610 g/mol. The maximum atomic E-state index is 14.3. The Balaban J connectivity index is 0.000000287. The van der Waals surface area contributed by atoms with Crippen LogP contribution in [0.1, 0.15) is 256 Å². The number of hydrogen-bond acceptors (Lipinski definition) is 19. The molecule has 0 bridgehead atoms. The summed E-state index contributed by atoms with van der Waals surface area (Å²) in [7, 11) is -2.04. The minimum absolute atomic E-state index is 0.0371. The highest BCUT2D eigenvalue weighted by molar-refractivity contribution is 7.88. The first-order valence-corrected chi connectivity index (χ1v) is 47.0. The van der Waals surface area contributed by atoms with E-state index < -0.39 is 140 Å². The van der Waals surface area contributed by atoms with Gasteiger partial charge in [0.25, 0.3) is 24.2 Å². The lowest BCUT2D eigenvalue weighted by Gasteiger charge is -2.36. The zero-order valence-corrected chi connectivity index (χ0v) is 77.1. The number of nitrogens with one attached hydrogen (secondary N) is 9. The number of nitrogens with two attached hydrogens (primary N) is 1. The Morgan fingerprint density at radius 3 is 1.07 bits per heavy atom.